The summed E-state index contributed by atoms with van der Waals surface area (Å²) >= 11 is 0. The van der Waals surface area contributed by atoms with Gasteiger partial charge in [-0.3, -0.25) is 29.0 Å². The Morgan fingerprint density at radius 3 is 2.06 bits per heavy atom. The number of amides is 4. The lowest BCUT2D eigenvalue weighted by Gasteiger charge is -2.18. The number of rotatable bonds is 3. The van der Waals surface area contributed by atoms with Crippen molar-refractivity contribution in [3.63, 3.8) is 0 Å². The molecule has 1 fully saturated rings. The predicted octanol–water partition coefficient (Wildman–Crippen LogP) is -0.694. The Morgan fingerprint density at radius 2 is 1.59 bits per heavy atom. The Morgan fingerprint density at radius 1 is 1.06 bits per heavy atom. The van der Waals surface area contributed by atoms with Crippen LogP contribution in [0.1, 0.15) is 13.3 Å². The van der Waals surface area contributed by atoms with Gasteiger partial charge in [0.05, 0.1) is 0 Å². The van der Waals surface area contributed by atoms with Crippen molar-refractivity contribution in [1.82, 2.24) is 9.80 Å². The molecule has 0 spiro atoms. The molecule has 1 unspecified atom stereocenters. The van der Waals surface area contributed by atoms with Crippen molar-refractivity contribution in [2.24, 2.45) is 5.92 Å². The van der Waals surface area contributed by atoms with Gasteiger partial charge in [-0.25, -0.2) is 0 Å². The highest BCUT2D eigenvalue weighted by Gasteiger charge is 2.36. The van der Waals surface area contributed by atoms with Crippen molar-refractivity contribution in [3.05, 3.63) is 12.2 Å². The van der Waals surface area contributed by atoms with Gasteiger partial charge in [0.15, 0.2) is 0 Å². The van der Waals surface area contributed by atoms with Crippen LogP contribution in [0.2, 0.25) is 0 Å². The zero-order chi connectivity index (χ0) is 12.6. The molecule has 1 saturated heterocycles. The largest absolute Gasteiger partial charge is 0.281 e. The average molecular weight is 236 g/mol. The fourth-order valence-electron chi connectivity index (χ4n) is 1.93. The SMILES string of the molecule is CC1CC(=O)N(CCN2C(=O)C=CC2=O)C1=O. The standard InChI is InChI=1S/C11H12N2O4/c1-7-6-10(16)13(11(7)17)5-4-12-8(14)2-3-9(12)15/h2-3,7H,4-6H2,1H3. The smallest absolute Gasteiger partial charge is 0.253 e. The molecule has 17 heavy (non-hydrogen) atoms. The maximum Gasteiger partial charge on any atom is 0.253 e. The molecule has 2 heterocycles. The van der Waals surface area contributed by atoms with Gasteiger partial charge < -0.3 is 0 Å². The lowest BCUT2D eigenvalue weighted by Crippen LogP contribution is -2.40. The van der Waals surface area contributed by atoms with Gasteiger partial charge in [0.25, 0.3) is 11.8 Å². The summed E-state index contributed by atoms with van der Waals surface area (Å²) in [6.07, 6.45) is 2.57. The molecule has 0 saturated carbocycles. The zero-order valence-electron chi connectivity index (χ0n) is 9.38. The summed E-state index contributed by atoms with van der Waals surface area (Å²) in [6, 6.07) is 0. The van der Waals surface area contributed by atoms with Crippen LogP contribution in [0, 0.1) is 5.92 Å². The molecule has 6 nitrogen and oxygen atoms in total. The Bertz CT molecular complexity index is 423. The Labute approximate surface area is 97.9 Å². The third-order valence-electron chi connectivity index (χ3n) is 2.92. The van der Waals surface area contributed by atoms with E-state index in [1.165, 1.54) is 12.2 Å². The summed E-state index contributed by atoms with van der Waals surface area (Å²) in [6.45, 7) is 1.84. The van der Waals surface area contributed by atoms with E-state index in [1.54, 1.807) is 6.92 Å². The number of imide groups is 2. The first-order valence-electron chi connectivity index (χ1n) is 5.38. The van der Waals surface area contributed by atoms with E-state index in [4.69, 9.17) is 0 Å². The van der Waals surface area contributed by atoms with E-state index in [-0.39, 0.29) is 37.2 Å². The van der Waals surface area contributed by atoms with Gasteiger partial charge in [-0.15, -0.1) is 0 Å². The second kappa shape index (κ2) is 4.12. The summed E-state index contributed by atoms with van der Waals surface area (Å²) < 4.78 is 0. The van der Waals surface area contributed by atoms with Crippen LogP contribution in [-0.2, 0) is 19.2 Å². The van der Waals surface area contributed by atoms with Crippen molar-refractivity contribution >= 4 is 23.6 Å². The second-order valence-corrected chi connectivity index (χ2v) is 4.15. The molecule has 2 rings (SSSR count). The Kier molecular flexibility index (Phi) is 2.79. The summed E-state index contributed by atoms with van der Waals surface area (Å²) in [5, 5.41) is 0. The summed E-state index contributed by atoms with van der Waals surface area (Å²) in [5.41, 5.74) is 0. The quantitative estimate of drug-likeness (QED) is 0.608. The van der Waals surface area contributed by atoms with Crippen LogP contribution >= 0.6 is 0 Å². The molecule has 0 N–H and O–H groups in total. The van der Waals surface area contributed by atoms with Crippen molar-refractivity contribution in [3.8, 4) is 0 Å². The Hall–Kier alpha value is -1.98. The number of carbonyl (C=O) groups is 4. The third-order valence-corrected chi connectivity index (χ3v) is 2.92. The van der Waals surface area contributed by atoms with Crippen LogP contribution < -0.4 is 0 Å². The normalized spacial score (nSPS) is 24.4. The van der Waals surface area contributed by atoms with Crippen LogP contribution in [0.5, 0.6) is 0 Å². The molecule has 2 aliphatic heterocycles. The number of nitrogens with zero attached hydrogens (tertiary/aromatic N) is 2. The van der Waals surface area contributed by atoms with Crippen molar-refractivity contribution in [2.45, 2.75) is 13.3 Å². The molecule has 0 aromatic carbocycles. The highest BCUT2D eigenvalue weighted by Crippen LogP contribution is 2.18. The molecule has 0 bridgehead atoms. The highest BCUT2D eigenvalue weighted by atomic mass is 16.2. The fourth-order valence-corrected chi connectivity index (χ4v) is 1.93. The first kappa shape index (κ1) is 11.5. The molecular formula is C11H12N2O4. The number of carbonyl (C=O) groups excluding carboxylic acids is 4. The second-order valence-electron chi connectivity index (χ2n) is 4.15. The molecule has 90 valence electrons. The van der Waals surface area contributed by atoms with Crippen molar-refractivity contribution in [2.75, 3.05) is 13.1 Å². The van der Waals surface area contributed by atoms with Crippen LogP contribution in [0.3, 0.4) is 0 Å². The summed E-state index contributed by atoms with van der Waals surface area (Å²) in [5.74, 6) is -1.58. The molecule has 4 amide bonds. The van der Waals surface area contributed by atoms with E-state index in [9.17, 15) is 19.2 Å². The van der Waals surface area contributed by atoms with Crippen LogP contribution in [0.15, 0.2) is 12.2 Å². The first-order chi connectivity index (χ1) is 8.00. The minimum atomic E-state index is -0.401. The number of likely N-dealkylation sites (tertiary alicyclic amines) is 1. The van der Waals surface area contributed by atoms with E-state index >= 15 is 0 Å². The number of hydrogen-bond acceptors (Lipinski definition) is 4. The molecule has 1 atom stereocenters. The molecule has 0 aromatic heterocycles. The molecule has 2 aliphatic rings. The topological polar surface area (TPSA) is 74.8 Å². The van der Waals surface area contributed by atoms with Gasteiger partial charge >= 0.3 is 0 Å². The maximum atomic E-state index is 11.6. The summed E-state index contributed by atoms with van der Waals surface area (Å²) in [4.78, 5) is 47.7. The number of hydrogen-bond donors (Lipinski definition) is 0. The van der Waals surface area contributed by atoms with Crippen LogP contribution in [-0.4, -0.2) is 46.5 Å². The highest BCUT2D eigenvalue weighted by molar-refractivity contribution is 6.13. The lowest BCUT2D eigenvalue weighted by molar-refractivity contribution is -0.143. The fraction of sp³-hybridized carbons (Fsp3) is 0.455. The van der Waals surface area contributed by atoms with Crippen molar-refractivity contribution in [1.29, 1.82) is 0 Å². The predicted molar refractivity (Wildman–Crippen MR) is 56.4 cm³/mol. The van der Waals surface area contributed by atoms with Gasteiger partial charge in [-0.1, -0.05) is 6.92 Å². The minimum Gasteiger partial charge on any atom is -0.281 e. The van der Waals surface area contributed by atoms with Gasteiger partial charge in [-0.2, -0.15) is 0 Å². The van der Waals surface area contributed by atoms with E-state index in [0.717, 1.165) is 9.80 Å². The van der Waals surface area contributed by atoms with Gasteiger partial charge in [0.1, 0.15) is 0 Å². The summed E-state index contributed by atoms with van der Waals surface area (Å²) in [7, 11) is 0. The van der Waals surface area contributed by atoms with Gasteiger partial charge in [0.2, 0.25) is 11.8 Å². The third kappa shape index (κ3) is 1.98. The minimum absolute atomic E-state index is 0.0644. The van der Waals surface area contributed by atoms with Crippen LogP contribution in [0.25, 0.3) is 0 Å². The first-order valence-corrected chi connectivity index (χ1v) is 5.38. The Balaban J connectivity index is 1.95. The van der Waals surface area contributed by atoms with Gasteiger partial charge in [0, 0.05) is 37.6 Å². The molecular weight excluding hydrogens is 224 g/mol. The molecule has 0 aliphatic carbocycles. The molecule has 6 heteroatoms. The van der Waals surface area contributed by atoms with E-state index in [0.29, 0.717) is 0 Å². The van der Waals surface area contributed by atoms with E-state index < -0.39 is 11.8 Å². The molecule has 0 aromatic rings. The maximum absolute atomic E-state index is 11.6. The van der Waals surface area contributed by atoms with Gasteiger partial charge in [-0.05, 0) is 0 Å². The van der Waals surface area contributed by atoms with E-state index in [1.807, 2.05) is 0 Å². The molecule has 0 radical (unpaired) electrons. The lowest BCUT2D eigenvalue weighted by atomic mass is 10.1. The van der Waals surface area contributed by atoms with Crippen LogP contribution in [0.4, 0.5) is 0 Å². The van der Waals surface area contributed by atoms with E-state index in [2.05, 4.69) is 0 Å². The van der Waals surface area contributed by atoms with Crippen molar-refractivity contribution < 1.29 is 19.2 Å². The zero-order valence-corrected chi connectivity index (χ0v) is 9.38. The average Bonchev–Trinajstić information content (AvgIpc) is 2.70. The monoisotopic (exact) mass is 236 g/mol.